The van der Waals surface area contributed by atoms with Gasteiger partial charge in [0.15, 0.2) is 0 Å². The summed E-state index contributed by atoms with van der Waals surface area (Å²) in [4.78, 5) is 30.8. The molecule has 1 aliphatic carbocycles. The Bertz CT molecular complexity index is 947. The first-order valence-electron chi connectivity index (χ1n) is 11.7. The maximum Gasteiger partial charge on any atom is 0.325 e. The summed E-state index contributed by atoms with van der Waals surface area (Å²) in [6.07, 6.45) is 7.57. The summed E-state index contributed by atoms with van der Waals surface area (Å²) in [5, 5.41) is 3.14. The van der Waals surface area contributed by atoms with Crippen molar-refractivity contribution in [3.05, 3.63) is 59.8 Å². The Balaban J connectivity index is 1.38. The Kier molecular flexibility index (Phi) is 5.76. The van der Waals surface area contributed by atoms with Crippen LogP contribution in [0.1, 0.15) is 49.8 Å². The normalized spacial score (nSPS) is 25.6. The highest BCUT2D eigenvalue weighted by Crippen LogP contribution is 2.39. The van der Waals surface area contributed by atoms with E-state index in [-0.39, 0.29) is 29.7 Å². The monoisotopic (exact) mass is 439 g/mol. The highest BCUT2D eigenvalue weighted by atomic mass is 19.1. The molecule has 7 heteroatoms. The average Bonchev–Trinajstić information content (AvgIpc) is 3.54. The van der Waals surface area contributed by atoms with E-state index in [1.54, 1.807) is 18.4 Å². The topological polar surface area (TPSA) is 65.8 Å². The van der Waals surface area contributed by atoms with Gasteiger partial charge in [0.25, 0.3) is 5.91 Å². The molecule has 3 aliphatic rings. The molecule has 2 aliphatic heterocycles. The first-order valence-corrected chi connectivity index (χ1v) is 11.7. The fourth-order valence-corrected chi connectivity index (χ4v) is 5.78. The van der Waals surface area contributed by atoms with Crippen LogP contribution < -0.4 is 5.32 Å². The number of imide groups is 1. The number of benzene rings is 1. The third-order valence-electron chi connectivity index (χ3n) is 7.48. The summed E-state index contributed by atoms with van der Waals surface area (Å²) in [6.45, 7) is 2.42. The van der Waals surface area contributed by atoms with Crippen LogP contribution in [-0.4, -0.2) is 46.4 Å². The van der Waals surface area contributed by atoms with Gasteiger partial charge in [-0.1, -0.05) is 25.0 Å². The number of urea groups is 1. The van der Waals surface area contributed by atoms with Gasteiger partial charge in [-0.3, -0.25) is 14.6 Å². The standard InChI is InChI=1S/C25H30FN3O3/c26-20-9-7-18(8-10-20)16-25(23(30)29(24(31)27-25)21-4-1-2-5-21)19-11-13-28(14-12-19)17-22-6-3-15-32-22/h3,6-10,15,19,21H,1-2,4-5,11-14,16-17H2,(H,27,31)/t25-/m0/s1. The Morgan fingerprint density at radius 1 is 1.03 bits per heavy atom. The van der Waals surface area contributed by atoms with E-state index < -0.39 is 5.54 Å². The van der Waals surface area contributed by atoms with Crippen molar-refractivity contribution in [2.24, 2.45) is 5.92 Å². The maximum absolute atomic E-state index is 13.9. The third kappa shape index (κ3) is 3.94. The molecule has 1 aromatic carbocycles. The number of piperidine rings is 1. The SMILES string of the molecule is O=C1N[C@@](Cc2ccc(F)cc2)(C2CCN(Cc3ccco3)CC2)C(=O)N1C1CCCC1. The van der Waals surface area contributed by atoms with Gasteiger partial charge in [-0.25, -0.2) is 9.18 Å². The molecule has 3 fully saturated rings. The van der Waals surface area contributed by atoms with Gasteiger partial charge in [-0.05, 0) is 74.5 Å². The van der Waals surface area contributed by atoms with Crippen molar-refractivity contribution in [1.82, 2.24) is 15.1 Å². The Labute approximate surface area is 187 Å². The van der Waals surface area contributed by atoms with Gasteiger partial charge in [-0.15, -0.1) is 0 Å². The smallest absolute Gasteiger partial charge is 0.325 e. The van der Waals surface area contributed by atoms with Gasteiger partial charge < -0.3 is 9.73 Å². The summed E-state index contributed by atoms with van der Waals surface area (Å²) in [6, 6.07) is 9.89. The van der Waals surface area contributed by atoms with E-state index in [2.05, 4.69) is 10.2 Å². The number of amides is 3. The number of furan rings is 1. The molecule has 5 rings (SSSR count). The minimum Gasteiger partial charge on any atom is -0.468 e. The molecule has 0 spiro atoms. The van der Waals surface area contributed by atoms with Crippen molar-refractivity contribution in [3.63, 3.8) is 0 Å². The van der Waals surface area contributed by atoms with Gasteiger partial charge in [-0.2, -0.15) is 0 Å². The molecule has 6 nitrogen and oxygen atoms in total. The second-order valence-electron chi connectivity index (χ2n) is 9.45. The quantitative estimate of drug-likeness (QED) is 0.688. The van der Waals surface area contributed by atoms with Crippen LogP contribution in [0, 0.1) is 11.7 Å². The van der Waals surface area contributed by atoms with Crippen molar-refractivity contribution in [3.8, 4) is 0 Å². The van der Waals surface area contributed by atoms with Crippen molar-refractivity contribution >= 4 is 11.9 Å². The molecule has 1 aromatic heterocycles. The predicted molar refractivity (Wildman–Crippen MR) is 117 cm³/mol. The van der Waals surface area contributed by atoms with Crippen molar-refractivity contribution in [2.75, 3.05) is 13.1 Å². The number of rotatable bonds is 6. The van der Waals surface area contributed by atoms with Crippen LogP contribution in [0.5, 0.6) is 0 Å². The zero-order valence-corrected chi connectivity index (χ0v) is 18.3. The molecule has 0 radical (unpaired) electrons. The van der Waals surface area contributed by atoms with Crippen LogP contribution >= 0.6 is 0 Å². The fraction of sp³-hybridized carbons (Fsp3) is 0.520. The lowest BCUT2D eigenvalue weighted by Gasteiger charge is -2.41. The minimum absolute atomic E-state index is 0.00312. The van der Waals surface area contributed by atoms with Gasteiger partial charge in [0.05, 0.1) is 12.8 Å². The van der Waals surface area contributed by atoms with E-state index in [0.717, 1.165) is 69.5 Å². The number of nitrogens with one attached hydrogen (secondary N) is 1. The number of hydrogen-bond acceptors (Lipinski definition) is 4. The van der Waals surface area contributed by atoms with Crippen LogP contribution in [0.15, 0.2) is 47.1 Å². The summed E-state index contributed by atoms with van der Waals surface area (Å²) in [7, 11) is 0. The highest BCUT2D eigenvalue weighted by Gasteiger charge is 2.57. The van der Waals surface area contributed by atoms with Gasteiger partial charge >= 0.3 is 6.03 Å². The molecule has 1 N–H and O–H groups in total. The lowest BCUT2D eigenvalue weighted by Crippen LogP contribution is -2.57. The van der Waals surface area contributed by atoms with Crippen LogP contribution in [0.25, 0.3) is 0 Å². The Hall–Kier alpha value is -2.67. The van der Waals surface area contributed by atoms with E-state index in [0.29, 0.717) is 6.42 Å². The van der Waals surface area contributed by atoms with Crippen LogP contribution in [0.3, 0.4) is 0 Å². The Morgan fingerprint density at radius 3 is 2.41 bits per heavy atom. The molecule has 1 saturated carbocycles. The molecule has 170 valence electrons. The first kappa shape index (κ1) is 21.2. The molecular formula is C25H30FN3O3. The number of carbonyl (C=O) groups excluding carboxylic acids is 2. The van der Waals surface area contributed by atoms with Gasteiger partial charge in [0.1, 0.15) is 17.1 Å². The molecule has 2 aromatic rings. The second kappa shape index (κ2) is 8.70. The van der Waals surface area contributed by atoms with E-state index in [1.807, 2.05) is 12.1 Å². The molecule has 32 heavy (non-hydrogen) atoms. The Morgan fingerprint density at radius 2 is 1.75 bits per heavy atom. The third-order valence-corrected chi connectivity index (χ3v) is 7.48. The fourth-order valence-electron chi connectivity index (χ4n) is 5.78. The lowest BCUT2D eigenvalue weighted by atomic mass is 9.73. The lowest BCUT2D eigenvalue weighted by molar-refractivity contribution is -0.135. The number of nitrogens with zero attached hydrogens (tertiary/aromatic N) is 2. The van der Waals surface area contributed by atoms with Crippen molar-refractivity contribution in [2.45, 2.75) is 63.1 Å². The zero-order valence-electron chi connectivity index (χ0n) is 18.3. The van der Waals surface area contributed by atoms with Crippen molar-refractivity contribution < 1.29 is 18.4 Å². The maximum atomic E-state index is 13.9. The van der Waals surface area contributed by atoms with E-state index in [9.17, 15) is 14.0 Å². The molecule has 3 amide bonds. The molecule has 0 unspecified atom stereocenters. The average molecular weight is 440 g/mol. The van der Waals surface area contributed by atoms with Gasteiger partial charge in [0.2, 0.25) is 0 Å². The van der Waals surface area contributed by atoms with E-state index in [1.165, 1.54) is 17.0 Å². The first-order chi connectivity index (χ1) is 15.5. The second-order valence-corrected chi connectivity index (χ2v) is 9.45. The van der Waals surface area contributed by atoms with Crippen LogP contribution in [0.4, 0.5) is 9.18 Å². The molecule has 1 atom stereocenters. The number of likely N-dealkylation sites (tertiary alicyclic amines) is 1. The van der Waals surface area contributed by atoms with Crippen LogP contribution in [-0.2, 0) is 17.8 Å². The predicted octanol–water partition coefficient (Wildman–Crippen LogP) is 4.11. The highest BCUT2D eigenvalue weighted by molar-refractivity contribution is 6.07. The largest absolute Gasteiger partial charge is 0.468 e. The van der Waals surface area contributed by atoms with E-state index in [4.69, 9.17) is 4.42 Å². The summed E-state index contributed by atoms with van der Waals surface area (Å²) in [5.74, 6) is 0.567. The van der Waals surface area contributed by atoms with Crippen molar-refractivity contribution in [1.29, 1.82) is 0 Å². The number of hydrogen-bond donors (Lipinski definition) is 1. The molecule has 3 heterocycles. The molecule has 2 saturated heterocycles. The summed E-state index contributed by atoms with van der Waals surface area (Å²) < 4.78 is 19.0. The number of carbonyl (C=O) groups is 2. The van der Waals surface area contributed by atoms with E-state index >= 15 is 0 Å². The van der Waals surface area contributed by atoms with Gasteiger partial charge in [0, 0.05) is 12.5 Å². The molecular weight excluding hydrogens is 409 g/mol. The molecule has 0 bridgehead atoms. The summed E-state index contributed by atoms with van der Waals surface area (Å²) in [5.41, 5.74) is -0.0970. The summed E-state index contributed by atoms with van der Waals surface area (Å²) >= 11 is 0. The zero-order chi connectivity index (χ0) is 22.1. The van der Waals surface area contributed by atoms with Crippen LogP contribution in [0.2, 0.25) is 0 Å². The number of halogens is 1. The minimum atomic E-state index is -0.964.